The molecule has 1 fully saturated rings. The molecule has 25 heavy (non-hydrogen) atoms. The number of alkyl halides is 3. The molecule has 0 amide bonds. The van der Waals surface area contributed by atoms with E-state index in [1.807, 2.05) is 0 Å². The molecule has 1 saturated heterocycles. The van der Waals surface area contributed by atoms with Gasteiger partial charge in [-0.05, 0) is 40.5 Å². The highest BCUT2D eigenvalue weighted by atomic mass is 19.4. The summed E-state index contributed by atoms with van der Waals surface area (Å²) in [4.78, 5) is 8.05. The highest BCUT2D eigenvalue weighted by Crippen LogP contribution is 2.19. The van der Waals surface area contributed by atoms with Crippen molar-refractivity contribution in [3.8, 4) is 0 Å². The molecule has 0 aromatic rings. The number of hydrogen-bond acceptors (Lipinski definition) is 3. The Morgan fingerprint density at radius 2 is 1.88 bits per heavy atom. The molecule has 0 radical (unpaired) electrons. The average Bonchev–Trinajstić information content (AvgIpc) is 2.89. The number of nitrogens with zero attached hydrogens (tertiary/aromatic N) is 3. The van der Waals surface area contributed by atoms with Crippen molar-refractivity contribution in [2.24, 2.45) is 4.99 Å². The lowest BCUT2D eigenvalue weighted by Crippen LogP contribution is -2.46. The predicted molar refractivity (Wildman–Crippen MR) is 97.0 cm³/mol. The highest BCUT2D eigenvalue weighted by Gasteiger charge is 2.34. The highest BCUT2D eigenvalue weighted by molar-refractivity contribution is 5.79. The van der Waals surface area contributed by atoms with E-state index in [1.54, 1.807) is 7.05 Å². The van der Waals surface area contributed by atoms with Crippen LogP contribution in [0.5, 0.6) is 0 Å². The molecule has 5 nitrogen and oxygen atoms in total. The molecule has 0 saturated carbocycles. The molecule has 1 unspecified atom stereocenters. The van der Waals surface area contributed by atoms with Crippen molar-refractivity contribution in [1.29, 1.82) is 0 Å². The number of guanidine groups is 1. The van der Waals surface area contributed by atoms with Crippen LogP contribution in [0.25, 0.3) is 0 Å². The SMILES string of the molecule is CN=C(NCCCN(C(C)C)C(C)C)NC1CCN(CC(F)(F)F)C1. The number of aliphatic imine (C=N–C) groups is 1. The van der Waals surface area contributed by atoms with Gasteiger partial charge in [-0.2, -0.15) is 13.2 Å². The third-order valence-electron chi connectivity index (χ3n) is 4.45. The van der Waals surface area contributed by atoms with Gasteiger partial charge in [-0.1, -0.05) is 0 Å². The summed E-state index contributed by atoms with van der Waals surface area (Å²) in [7, 11) is 1.69. The predicted octanol–water partition coefficient (Wildman–Crippen LogP) is 2.30. The van der Waals surface area contributed by atoms with Crippen LogP contribution in [-0.2, 0) is 0 Å². The Bertz CT molecular complexity index is 402. The molecule has 148 valence electrons. The third-order valence-corrected chi connectivity index (χ3v) is 4.45. The van der Waals surface area contributed by atoms with Crippen LogP contribution in [0.3, 0.4) is 0 Å². The van der Waals surface area contributed by atoms with Crippen LogP contribution < -0.4 is 10.6 Å². The molecule has 2 N–H and O–H groups in total. The van der Waals surface area contributed by atoms with E-state index in [2.05, 4.69) is 48.2 Å². The van der Waals surface area contributed by atoms with Gasteiger partial charge in [0.1, 0.15) is 0 Å². The second-order valence-corrected chi connectivity index (χ2v) is 7.26. The van der Waals surface area contributed by atoms with Crippen LogP contribution in [0.4, 0.5) is 13.2 Å². The zero-order chi connectivity index (χ0) is 19.0. The smallest absolute Gasteiger partial charge is 0.356 e. The second kappa shape index (κ2) is 10.2. The van der Waals surface area contributed by atoms with E-state index in [-0.39, 0.29) is 6.04 Å². The van der Waals surface area contributed by atoms with Gasteiger partial charge in [-0.3, -0.25) is 14.8 Å². The summed E-state index contributed by atoms with van der Waals surface area (Å²) in [5, 5.41) is 6.50. The first-order valence-corrected chi connectivity index (χ1v) is 9.14. The fraction of sp³-hybridized carbons (Fsp3) is 0.941. The fourth-order valence-corrected chi connectivity index (χ4v) is 3.32. The van der Waals surface area contributed by atoms with E-state index in [4.69, 9.17) is 0 Å². The molecule has 0 spiro atoms. The van der Waals surface area contributed by atoms with E-state index in [0.29, 0.717) is 37.6 Å². The summed E-state index contributed by atoms with van der Waals surface area (Å²) in [5.74, 6) is 0.666. The molecular formula is C17H34F3N5. The van der Waals surface area contributed by atoms with Crippen LogP contribution in [0.15, 0.2) is 4.99 Å². The normalized spacial score (nSPS) is 20.1. The summed E-state index contributed by atoms with van der Waals surface area (Å²) in [5.41, 5.74) is 0. The van der Waals surface area contributed by atoms with Crippen molar-refractivity contribution >= 4 is 5.96 Å². The van der Waals surface area contributed by atoms with E-state index in [9.17, 15) is 13.2 Å². The van der Waals surface area contributed by atoms with Gasteiger partial charge in [0.2, 0.25) is 0 Å². The zero-order valence-corrected chi connectivity index (χ0v) is 16.2. The van der Waals surface area contributed by atoms with Crippen molar-refractivity contribution in [3.05, 3.63) is 0 Å². The summed E-state index contributed by atoms with van der Waals surface area (Å²) < 4.78 is 37.3. The fourth-order valence-electron chi connectivity index (χ4n) is 3.32. The molecule has 0 aliphatic carbocycles. The minimum Gasteiger partial charge on any atom is -0.356 e. The Balaban J connectivity index is 2.29. The number of likely N-dealkylation sites (tertiary alicyclic amines) is 1. The van der Waals surface area contributed by atoms with Gasteiger partial charge < -0.3 is 10.6 Å². The molecular weight excluding hydrogens is 331 g/mol. The minimum atomic E-state index is -4.13. The molecule has 1 rings (SSSR count). The summed E-state index contributed by atoms with van der Waals surface area (Å²) >= 11 is 0. The molecule has 1 aliphatic rings. The average molecular weight is 365 g/mol. The van der Waals surface area contributed by atoms with E-state index in [1.165, 1.54) is 4.90 Å². The maximum absolute atomic E-state index is 12.4. The first kappa shape index (κ1) is 22.0. The summed E-state index contributed by atoms with van der Waals surface area (Å²) in [6.45, 7) is 10.6. The second-order valence-electron chi connectivity index (χ2n) is 7.26. The molecule has 1 atom stereocenters. The monoisotopic (exact) mass is 365 g/mol. The van der Waals surface area contributed by atoms with Crippen LogP contribution in [0.1, 0.15) is 40.5 Å². The minimum absolute atomic E-state index is 0.0105. The molecule has 0 bridgehead atoms. The largest absolute Gasteiger partial charge is 0.401 e. The molecule has 1 heterocycles. The van der Waals surface area contributed by atoms with Crippen LogP contribution >= 0.6 is 0 Å². The number of hydrogen-bond donors (Lipinski definition) is 2. The van der Waals surface area contributed by atoms with Gasteiger partial charge in [0.25, 0.3) is 0 Å². The van der Waals surface area contributed by atoms with Crippen molar-refractivity contribution in [1.82, 2.24) is 20.4 Å². The van der Waals surface area contributed by atoms with Crippen molar-refractivity contribution in [2.75, 3.05) is 39.8 Å². The van der Waals surface area contributed by atoms with E-state index < -0.39 is 12.7 Å². The quantitative estimate of drug-likeness (QED) is 0.394. The lowest BCUT2D eigenvalue weighted by atomic mass is 10.2. The molecule has 0 aromatic heterocycles. The van der Waals surface area contributed by atoms with Gasteiger partial charge in [-0.25, -0.2) is 0 Å². The number of nitrogens with one attached hydrogen (secondary N) is 2. The molecule has 1 aliphatic heterocycles. The standard InChI is InChI=1S/C17H34F3N5/c1-13(2)25(14(3)4)9-6-8-22-16(21-5)23-15-7-10-24(11-15)12-17(18,19)20/h13-15H,6-12H2,1-5H3,(H2,21,22,23). The Morgan fingerprint density at radius 3 is 2.40 bits per heavy atom. The Kier molecular flexibility index (Phi) is 8.99. The van der Waals surface area contributed by atoms with Crippen LogP contribution in [0, 0.1) is 0 Å². The lowest BCUT2D eigenvalue weighted by Gasteiger charge is -2.30. The van der Waals surface area contributed by atoms with Gasteiger partial charge in [0.15, 0.2) is 5.96 Å². The summed E-state index contributed by atoms with van der Waals surface area (Å²) in [6.07, 6.45) is -2.44. The Morgan fingerprint density at radius 1 is 1.24 bits per heavy atom. The molecule has 0 aromatic carbocycles. The summed E-state index contributed by atoms with van der Waals surface area (Å²) in [6, 6.07) is 1.03. The number of halogens is 3. The zero-order valence-electron chi connectivity index (χ0n) is 16.2. The molecule has 8 heteroatoms. The Labute approximate surface area is 150 Å². The Hall–Kier alpha value is -1.02. The van der Waals surface area contributed by atoms with Crippen LogP contribution in [0.2, 0.25) is 0 Å². The maximum Gasteiger partial charge on any atom is 0.401 e. The van der Waals surface area contributed by atoms with Gasteiger partial charge in [0.05, 0.1) is 6.54 Å². The van der Waals surface area contributed by atoms with Crippen molar-refractivity contribution in [3.63, 3.8) is 0 Å². The van der Waals surface area contributed by atoms with Crippen molar-refractivity contribution in [2.45, 2.75) is 64.8 Å². The first-order valence-electron chi connectivity index (χ1n) is 9.14. The van der Waals surface area contributed by atoms with Gasteiger partial charge >= 0.3 is 6.18 Å². The van der Waals surface area contributed by atoms with E-state index >= 15 is 0 Å². The topological polar surface area (TPSA) is 42.9 Å². The number of rotatable bonds is 8. The van der Waals surface area contributed by atoms with Gasteiger partial charge in [0, 0.05) is 51.4 Å². The van der Waals surface area contributed by atoms with E-state index in [0.717, 1.165) is 19.5 Å². The lowest BCUT2D eigenvalue weighted by molar-refractivity contribution is -0.143. The van der Waals surface area contributed by atoms with Crippen molar-refractivity contribution < 1.29 is 13.2 Å². The van der Waals surface area contributed by atoms with Gasteiger partial charge in [-0.15, -0.1) is 0 Å². The maximum atomic E-state index is 12.4. The third kappa shape index (κ3) is 8.76. The first-order chi connectivity index (χ1) is 11.6. The van der Waals surface area contributed by atoms with Crippen LogP contribution in [-0.4, -0.2) is 79.8 Å².